The van der Waals surface area contributed by atoms with Crippen LogP contribution in [0.15, 0.2) is 40.5 Å². The minimum Gasteiger partial charge on any atom is -0.404 e. The van der Waals surface area contributed by atoms with Crippen LogP contribution in [0.25, 0.3) is 10.1 Å². The Labute approximate surface area is 96.1 Å². The summed E-state index contributed by atoms with van der Waals surface area (Å²) in [6.07, 6.45) is 4.96. The quantitative estimate of drug-likeness (QED) is 0.499. The molecule has 0 fully saturated rings. The fourth-order valence-corrected chi connectivity index (χ4v) is 2.05. The second-order valence-corrected chi connectivity index (χ2v) is 3.93. The minimum atomic E-state index is 0.329. The number of allylic oxidation sites excluding steroid dienone is 1. The highest BCUT2D eigenvalue weighted by Crippen LogP contribution is 2.28. The molecule has 16 heavy (non-hydrogen) atoms. The van der Waals surface area contributed by atoms with Gasteiger partial charge in [0.1, 0.15) is 0 Å². The van der Waals surface area contributed by atoms with Crippen molar-refractivity contribution in [3.63, 3.8) is 0 Å². The van der Waals surface area contributed by atoms with Crippen molar-refractivity contribution < 1.29 is 4.79 Å². The lowest BCUT2D eigenvalue weighted by Crippen LogP contribution is -1.91. The fraction of sp³-hybridized carbons (Fsp3) is 0. The zero-order valence-corrected chi connectivity index (χ0v) is 9.15. The van der Waals surface area contributed by atoms with Crippen molar-refractivity contribution in [2.24, 2.45) is 10.7 Å². The predicted molar refractivity (Wildman–Crippen MR) is 66.1 cm³/mol. The molecule has 2 aromatic rings. The first-order valence-corrected chi connectivity index (χ1v) is 5.46. The van der Waals surface area contributed by atoms with E-state index >= 15 is 0 Å². The molecule has 5 heteroatoms. The molecule has 2 rings (SSSR count). The Morgan fingerprint density at radius 3 is 3.12 bits per heavy atom. The number of rotatable bonds is 3. The summed E-state index contributed by atoms with van der Waals surface area (Å²) in [5.41, 5.74) is 5.57. The molecule has 0 aliphatic heterocycles. The second-order valence-electron chi connectivity index (χ2n) is 3.02. The number of carbonyl (C=O) groups excluding carboxylic acids is 1. The van der Waals surface area contributed by atoms with E-state index in [9.17, 15) is 4.79 Å². The molecular weight excluding hydrogens is 222 g/mol. The average molecular weight is 231 g/mol. The maximum Gasteiger partial charge on any atom is 0.169 e. The van der Waals surface area contributed by atoms with Gasteiger partial charge in [0.05, 0.1) is 4.70 Å². The van der Waals surface area contributed by atoms with Gasteiger partial charge >= 0.3 is 0 Å². The maximum absolute atomic E-state index is 10.5. The molecule has 2 aromatic heterocycles. The van der Waals surface area contributed by atoms with Crippen LogP contribution >= 0.6 is 11.3 Å². The van der Waals surface area contributed by atoms with E-state index in [1.165, 1.54) is 12.4 Å². The van der Waals surface area contributed by atoms with E-state index in [4.69, 9.17) is 5.73 Å². The first-order valence-electron chi connectivity index (χ1n) is 4.58. The van der Waals surface area contributed by atoms with Gasteiger partial charge in [-0.25, -0.2) is 9.98 Å². The Morgan fingerprint density at radius 2 is 2.38 bits per heavy atom. The second kappa shape index (κ2) is 4.67. The molecule has 0 bridgehead atoms. The largest absolute Gasteiger partial charge is 0.404 e. The third-order valence-corrected chi connectivity index (χ3v) is 2.94. The molecule has 0 unspecified atom stereocenters. The average Bonchev–Trinajstić information content (AvgIpc) is 2.79. The van der Waals surface area contributed by atoms with Gasteiger partial charge in [0, 0.05) is 24.2 Å². The number of nitrogens with two attached hydrogens (primary N) is 1. The number of hydrogen-bond acceptors (Lipinski definition) is 5. The van der Waals surface area contributed by atoms with Crippen molar-refractivity contribution in [1.29, 1.82) is 0 Å². The van der Waals surface area contributed by atoms with E-state index in [2.05, 4.69) is 9.98 Å². The summed E-state index contributed by atoms with van der Waals surface area (Å²) in [6.45, 7) is 0. The van der Waals surface area contributed by atoms with Crippen LogP contribution < -0.4 is 5.73 Å². The zero-order valence-electron chi connectivity index (χ0n) is 8.33. The summed E-state index contributed by atoms with van der Waals surface area (Å²) < 4.78 is 1.00. The van der Waals surface area contributed by atoms with Crippen molar-refractivity contribution in [3.05, 3.63) is 35.5 Å². The number of aliphatic imine (C=N–C) groups is 1. The minimum absolute atomic E-state index is 0.329. The van der Waals surface area contributed by atoms with E-state index in [0.29, 0.717) is 17.7 Å². The number of hydrogen-bond donors (Lipinski definition) is 1. The standard InChI is InChI=1S/C11H9N3OS/c12-5-8(7-15)6-14-11-10-9(1-3-13-11)2-4-16-10/h1-7H,12H2/b8-5+,14-6?. The molecule has 0 atom stereocenters. The fourth-order valence-electron chi connectivity index (χ4n) is 1.22. The number of nitrogens with zero attached hydrogens (tertiary/aromatic N) is 2. The summed E-state index contributed by atoms with van der Waals surface area (Å²) >= 11 is 1.57. The van der Waals surface area contributed by atoms with Crippen molar-refractivity contribution in [1.82, 2.24) is 4.98 Å². The van der Waals surface area contributed by atoms with Gasteiger partial charge in [0.2, 0.25) is 0 Å². The van der Waals surface area contributed by atoms with Crippen LogP contribution in [0, 0.1) is 0 Å². The molecule has 0 aliphatic rings. The molecule has 4 nitrogen and oxygen atoms in total. The first kappa shape index (κ1) is 10.5. The molecule has 80 valence electrons. The Kier molecular flexibility index (Phi) is 3.07. The van der Waals surface area contributed by atoms with Crippen LogP contribution in [-0.4, -0.2) is 17.5 Å². The highest BCUT2D eigenvalue weighted by atomic mass is 32.1. The number of aromatic nitrogens is 1. The van der Waals surface area contributed by atoms with Crippen LogP contribution in [0.5, 0.6) is 0 Å². The van der Waals surface area contributed by atoms with Gasteiger partial charge in [-0.15, -0.1) is 11.3 Å². The Hall–Kier alpha value is -2.01. The molecule has 0 amide bonds. The maximum atomic E-state index is 10.5. The predicted octanol–water partition coefficient (Wildman–Crippen LogP) is 2.04. The monoisotopic (exact) mass is 231 g/mol. The number of pyridine rings is 1. The van der Waals surface area contributed by atoms with Gasteiger partial charge in [-0.1, -0.05) is 0 Å². The number of carbonyl (C=O) groups is 1. The molecule has 2 heterocycles. The van der Waals surface area contributed by atoms with Gasteiger partial charge in [0.15, 0.2) is 12.1 Å². The Balaban J connectivity index is 2.41. The molecule has 0 saturated heterocycles. The van der Waals surface area contributed by atoms with E-state index in [-0.39, 0.29) is 0 Å². The summed E-state index contributed by atoms with van der Waals surface area (Å²) in [5, 5.41) is 3.07. The topological polar surface area (TPSA) is 68.3 Å². The molecule has 0 radical (unpaired) electrons. The van der Waals surface area contributed by atoms with E-state index in [1.54, 1.807) is 17.5 Å². The summed E-state index contributed by atoms with van der Waals surface area (Å²) in [6, 6.07) is 3.92. The van der Waals surface area contributed by atoms with Crippen LogP contribution in [0.2, 0.25) is 0 Å². The first-order chi connectivity index (χ1) is 7.85. The van der Waals surface area contributed by atoms with Crippen LogP contribution in [0.1, 0.15) is 0 Å². The van der Waals surface area contributed by atoms with E-state index in [0.717, 1.165) is 10.1 Å². The lowest BCUT2D eigenvalue weighted by atomic mass is 10.3. The van der Waals surface area contributed by atoms with Gasteiger partial charge in [-0.05, 0) is 22.9 Å². The van der Waals surface area contributed by atoms with Gasteiger partial charge in [-0.2, -0.15) is 0 Å². The van der Waals surface area contributed by atoms with Crippen LogP contribution in [-0.2, 0) is 4.79 Å². The van der Waals surface area contributed by atoms with Crippen molar-refractivity contribution >= 4 is 39.7 Å². The third-order valence-electron chi connectivity index (χ3n) is 2.01. The third kappa shape index (κ3) is 1.99. The summed E-state index contributed by atoms with van der Waals surface area (Å²) in [4.78, 5) is 18.8. The zero-order chi connectivity index (χ0) is 11.4. The highest BCUT2D eigenvalue weighted by Gasteiger charge is 2.01. The lowest BCUT2D eigenvalue weighted by Gasteiger charge is -1.94. The molecule has 0 aromatic carbocycles. The Bertz CT molecular complexity index is 571. The van der Waals surface area contributed by atoms with Crippen molar-refractivity contribution in [2.75, 3.05) is 0 Å². The van der Waals surface area contributed by atoms with E-state index in [1.807, 2.05) is 17.5 Å². The lowest BCUT2D eigenvalue weighted by molar-refractivity contribution is -0.104. The van der Waals surface area contributed by atoms with Crippen LogP contribution in [0.3, 0.4) is 0 Å². The number of thiophene rings is 1. The molecule has 0 aliphatic carbocycles. The number of aldehydes is 1. The van der Waals surface area contributed by atoms with Crippen molar-refractivity contribution in [2.45, 2.75) is 0 Å². The normalized spacial score (nSPS) is 12.4. The van der Waals surface area contributed by atoms with Gasteiger partial charge in [0.25, 0.3) is 0 Å². The van der Waals surface area contributed by atoms with Crippen molar-refractivity contribution in [3.8, 4) is 0 Å². The molecule has 0 spiro atoms. The molecule has 2 N–H and O–H groups in total. The highest BCUT2D eigenvalue weighted by molar-refractivity contribution is 7.17. The molecular formula is C11H9N3OS. The summed E-state index contributed by atoms with van der Waals surface area (Å²) in [5.74, 6) is 0.605. The SMILES string of the molecule is N/C=C(/C=O)C=Nc1nccc2ccsc12. The number of fused-ring (bicyclic) bond motifs is 1. The van der Waals surface area contributed by atoms with Crippen LogP contribution in [0.4, 0.5) is 5.82 Å². The molecule has 0 saturated carbocycles. The van der Waals surface area contributed by atoms with E-state index < -0.39 is 0 Å². The van der Waals surface area contributed by atoms with Gasteiger partial charge < -0.3 is 5.73 Å². The smallest absolute Gasteiger partial charge is 0.169 e. The van der Waals surface area contributed by atoms with Gasteiger partial charge in [-0.3, -0.25) is 4.79 Å². The summed E-state index contributed by atoms with van der Waals surface area (Å²) in [7, 11) is 0. The Morgan fingerprint density at radius 1 is 1.50 bits per heavy atom.